The van der Waals surface area contributed by atoms with E-state index in [-0.39, 0.29) is 17.3 Å². The van der Waals surface area contributed by atoms with Crippen molar-refractivity contribution in [2.75, 3.05) is 0 Å². The van der Waals surface area contributed by atoms with Crippen molar-refractivity contribution in [1.29, 1.82) is 0 Å². The first-order valence-corrected chi connectivity index (χ1v) is 21.5. The summed E-state index contributed by atoms with van der Waals surface area (Å²) in [6, 6.07) is 41.5. The lowest BCUT2D eigenvalue weighted by molar-refractivity contribution is -0.142. The van der Waals surface area contributed by atoms with E-state index in [1.807, 2.05) is 75.9 Å². The van der Waals surface area contributed by atoms with Crippen molar-refractivity contribution >= 4 is 49.3 Å². The molecule has 2 aromatic heterocycles. The number of alkyl halides is 6. The van der Waals surface area contributed by atoms with Crippen LogP contribution < -0.4 is 0 Å². The summed E-state index contributed by atoms with van der Waals surface area (Å²) in [6.07, 6.45) is -10.2. The Labute approximate surface area is 377 Å². The van der Waals surface area contributed by atoms with Crippen molar-refractivity contribution < 1.29 is 26.3 Å². The molecule has 326 valence electrons. The van der Waals surface area contributed by atoms with E-state index in [1.165, 1.54) is 5.56 Å². The molecule has 3 nitrogen and oxygen atoms in total. The average Bonchev–Trinajstić information content (AvgIpc) is 3.76. The van der Waals surface area contributed by atoms with Gasteiger partial charge in [-0.3, -0.25) is 0 Å². The second-order valence-electron chi connectivity index (χ2n) is 17.4. The normalized spacial score (nSPS) is 12.2. The van der Waals surface area contributed by atoms with Crippen LogP contribution in [0.2, 0.25) is 0 Å². The van der Waals surface area contributed by atoms with E-state index >= 15 is 13.2 Å². The maximum atomic E-state index is 15.0. The van der Waals surface area contributed by atoms with Crippen LogP contribution in [0, 0.1) is 48.1 Å². The molecular weight excluding hydrogens is 841 g/mol. The first-order valence-electron chi connectivity index (χ1n) is 21.5. The molecule has 10 aromatic rings. The second-order valence-corrected chi connectivity index (χ2v) is 17.4. The summed E-state index contributed by atoms with van der Waals surface area (Å²) in [6.45, 7) is 20.9. The van der Waals surface area contributed by atoms with Crippen LogP contribution in [0.3, 0.4) is 0 Å². The highest BCUT2D eigenvalue weighted by Crippen LogP contribution is 2.48. The van der Waals surface area contributed by atoms with Gasteiger partial charge in [-0.25, -0.2) is 4.85 Å². The molecule has 0 atom stereocenters. The van der Waals surface area contributed by atoms with E-state index in [1.54, 1.807) is 12.1 Å². The quantitative estimate of drug-likeness (QED) is 0.121. The summed E-state index contributed by atoms with van der Waals surface area (Å²) < 4.78 is 91.1. The molecule has 0 aliphatic heterocycles. The highest BCUT2D eigenvalue weighted by atomic mass is 19.4. The first-order chi connectivity index (χ1) is 31.4. The van der Waals surface area contributed by atoms with Crippen molar-refractivity contribution in [2.45, 2.75) is 53.9 Å². The Morgan fingerprint density at radius 3 is 1.30 bits per heavy atom. The third-order valence-electron chi connectivity index (χ3n) is 12.9. The van der Waals surface area contributed by atoms with Crippen molar-refractivity contribution in [3.8, 4) is 44.8 Å². The number of fused-ring (bicyclic) bond motifs is 6. The van der Waals surface area contributed by atoms with E-state index < -0.39 is 29.0 Å². The van der Waals surface area contributed by atoms with Gasteiger partial charge in [0.1, 0.15) is 0 Å². The third kappa shape index (κ3) is 6.82. The van der Waals surface area contributed by atoms with Crippen LogP contribution >= 0.6 is 0 Å². The Bertz CT molecular complexity index is 3660. The lowest BCUT2D eigenvalue weighted by Crippen LogP contribution is -2.12. The van der Waals surface area contributed by atoms with Crippen LogP contribution in [0.25, 0.3) is 93.2 Å². The zero-order chi connectivity index (χ0) is 46.6. The predicted octanol–water partition coefficient (Wildman–Crippen LogP) is 17.3. The van der Waals surface area contributed by atoms with Gasteiger partial charge >= 0.3 is 12.4 Å². The second kappa shape index (κ2) is 15.3. The number of hydrogen-bond acceptors (Lipinski definition) is 0. The fraction of sp³-hybridized carbons (Fsp3) is 0.140. The minimum atomic E-state index is -5.18. The van der Waals surface area contributed by atoms with E-state index in [4.69, 9.17) is 6.57 Å². The molecule has 0 unspecified atom stereocenters. The Hall–Kier alpha value is -7.57. The van der Waals surface area contributed by atoms with Gasteiger partial charge in [-0.15, -0.1) is 0 Å². The van der Waals surface area contributed by atoms with Crippen LogP contribution in [0.1, 0.15) is 44.5 Å². The zero-order valence-electron chi connectivity index (χ0n) is 36.9. The lowest BCUT2D eigenvalue weighted by atomic mass is 9.93. The highest BCUT2D eigenvalue weighted by Gasteiger charge is 2.39. The molecule has 0 radical (unpaired) electrons. The maximum absolute atomic E-state index is 15.0. The summed E-state index contributed by atoms with van der Waals surface area (Å²) >= 11 is 0. The van der Waals surface area contributed by atoms with Gasteiger partial charge in [0.15, 0.2) is 5.69 Å². The van der Waals surface area contributed by atoms with Crippen LogP contribution in [-0.2, 0) is 12.4 Å². The number of aryl methyl sites for hydroxylation is 6. The van der Waals surface area contributed by atoms with Crippen molar-refractivity contribution in [3.63, 3.8) is 0 Å². The molecule has 10 rings (SSSR count). The van der Waals surface area contributed by atoms with Crippen molar-refractivity contribution in [1.82, 2.24) is 9.13 Å². The molecule has 2 heterocycles. The van der Waals surface area contributed by atoms with E-state index in [2.05, 4.69) is 88.9 Å². The average molecular weight is 882 g/mol. The van der Waals surface area contributed by atoms with Crippen LogP contribution in [0.15, 0.2) is 140 Å². The van der Waals surface area contributed by atoms with Gasteiger partial charge in [0, 0.05) is 21.5 Å². The molecule has 0 bridgehead atoms. The zero-order valence-corrected chi connectivity index (χ0v) is 36.9. The van der Waals surface area contributed by atoms with Gasteiger partial charge < -0.3 is 9.13 Å². The number of nitrogens with zero attached hydrogens (tertiary/aromatic N) is 3. The number of para-hydroxylation sites is 2. The Morgan fingerprint density at radius 2 is 0.864 bits per heavy atom. The molecule has 0 amide bonds. The topological polar surface area (TPSA) is 14.2 Å². The predicted molar refractivity (Wildman–Crippen MR) is 256 cm³/mol. The van der Waals surface area contributed by atoms with Gasteiger partial charge in [0.25, 0.3) is 0 Å². The largest absolute Gasteiger partial charge is 0.416 e. The minimum Gasteiger partial charge on any atom is -0.308 e. The Kier molecular flexibility index (Phi) is 9.81. The smallest absolute Gasteiger partial charge is 0.308 e. The fourth-order valence-corrected chi connectivity index (χ4v) is 10.5. The van der Waals surface area contributed by atoms with E-state index in [0.717, 1.165) is 99.7 Å². The van der Waals surface area contributed by atoms with Crippen molar-refractivity contribution in [2.24, 2.45) is 0 Å². The summed E-state index contributed by atoms with van der Waals surface area (Å²) in [4.78, 5) is 3.80. The molecular formula is C57H41F6N3. The number of halogens is 6. The van der Waals surface area contributed by atoms with Crippen LogP contribution in [0.4, 0.5) is 32.0 Å². The molecule has 0 aliphatic rings. The molecule has 0 N–H and O–H groups in total. The molecule has 66 heavy (non-hydrogen) atoms. The van der Waals surface area contributed by atoms with Crippen molar-refractivity contribution in [3.05, 3.63) is 195 Å². The molecule has 0 spiro atoms. The number of hydrogen-bond donors (Lipinski definition) is 0. The molecule has 0 aliphatic carbocycles. The molecule has 0 saturated carbocycles. The highest BCUT2D eigenvalue weighted by molar-refractivity contribution is 6.13. The Balaban J connectivity index is 1.33. The van der Waals surface area contributed by atoms with Gasteiger partial charge in [-0.1, -0.05) is 90.0 Å². The molecule has 0 fully saturated rings. The van der Waals surface area contributed by atoms with E-state index in [0.29, 0.717) is 17.4 Å². The Morgan fingerprint density at radius 1 is 0.424 bits per heavy atom. The van der Waals surface area contributed by atoms with Crippen LogP contribution in [-0.4, -0.2) is 9.13 Å². The SMILES string of the molecule is [C-]#[N+]c1cc(-n2c3ccccc3c3cc(-c4c(C)cc(C)cc4C)ccc32)c(-n2c3ccccc3c3cc(-c4c(C)cc(C)cc4C)ccc32)cc1-c1ccc(C(F)(F)F)cc1C(F)(F)F. The van der Waals surface area contributed by atoms with Gasteiger partial charge in [-0.05, 0) is 158 Å². The summed E-state index contributed by atoms with van der Waals surface area (Å²) in [5, 5.41) is 3.64. The first kappa shape index (κ1) is 42.4. The maximum Gasteiger partial charge on any atom is 0.416 e. The standard InChI is InChI=1S/C57H41F6N3/c1-31-22-33(3)54(34(4)23-31)37-16-20-50-44(26-37)41-12-8-10-14-48(41)65(50)52-29-43(40-19-18-39(56(58,59)60)28-46(40)57(61,62)63)47(64-7)30-53(52)66-49-15-11-9-13-42(49)45-27-38(17-21-51(45)66)55-35(5)24-32(2)25-36(55)6/h8-30H,1-6H3. The number of aromatic nitrogens is 2. The minimum absolute atomic E-state index is 0.135. The number of rotatable bonds is 5. The van der Waals surface area contributed by atoms with Gasteiger partial charge in [-0.2, -0.15) is 26.3 Å². The summed E-state index contributed by atoms with van der Waals surface area (Å²) in [5.74, 6) is 0. The number of benzene rings is 8. The summed E-state index contributed by atoms with van der Waals surface area (Å²) in [7, 11) is 0. The van der Waals surface area contributed by atoms with Gasteiger partial charge in [0.05, 0.1) is 51.1 Å². The van der Waals surface area contributed by atoms with Crippen LogP contribution in [0.5, 0.6) is 0 Å². The lowest BCUT2D eigenvalue weighted by Gasteiger charge is -2.22. The summed E-state index contributed by atoms with van der Waals surface area (Å²) in [5.41, 5.74) is 11.4. The molecule has 0 saturated heterocycles. The van der Waals surface area contributed by atoms with Gasteiger partial charge in [0.2, 0.25) is 0 Å². The monoisotopic (exact) mass is 881 g/mol. The molecule has 8 aromatic carbocycles. The third-order valence-corrected chi connectivity index (χ3v) is 12.9. The van der Waals surface area contributed by atoms with E-state index in [9.17, 15) is 13.2 Å². The molecule has 9 heteroatoms. The fourth-order valence-electron chi connectivity index (χ4n) is 10.5.